The third-order valence-electron chi connectivity index (χ3n) is 5.22. The molecule has 0 aliphatic carbocycles. The van der Waals surface area contributed by atoms with Crippen LogP contribution in [0.4, 0.5) is 0 Å². The molecule has 2 saturated heterocycles. The average molecular weight is 464 g/mol. The lowest BCUT2D eigenvalue weighted by Gasteiger charge is -2.44. The number of esters is 1. The third-order valence-corrected chi connectivity index (χ3v) is 5.22. The van der Waals surface area contributed by atoms with Crippen LogP contribution in [0.5, 0.6) is 0 Å². The van der Waals surface area contributed by atoms with Gasteiger partial charge in [-0.25, -0.2) is 4.79 Å². The highest BCUT2D eigenvalue weighted by Crippen LogP contribution is 2.28. The Bertz CT molecular complexity index is 621. The van der Waals surface area contributed by atoms with Crippen LogP contribution in [-0.2, 0) is 38.0 Å². The second kappa shape index (κ2) is 12.4. The third kappa shape index (κ3) is 6.26. The van der Waals surface area contributed by atoms with Crippen molar-refractivity contribution in [2.45, 2.75) is 68.3 Å². The molecule has 0 aromatic heterocycles. The molecule has 4 N–H and O–H groups in total. The fourth-order valence-corrected chi connectivity index (χ4v) is 3.52. The van der Waals surface area contributed by atoms with Crippen LogP contribution in [0.1, 0.15) is 6.92 Å². The van der Waals surface area contributed by atoms with Crippen molar-refractivity contribution in [1.82, 2.24) is 0 Å². The van der Waals surface area contributed by atoms with E-state index in [0.29, 0.717) is 0 Å². The summed E-state index contributed by atoms with van der Waals surface area (Å²) >= 11 is 0. The van der Waals surface area contributed by atoms with Gasteiger partial charge in [0.2, 0.25) is 0 Å². The molecule has 0 saturated carbocycles. The summed E-state index contributed by atoms with van der Waals surface area (Å²) in [6, 6.07) is 0. The van der Waals surface area contributed by atoms with Crippen molar-refractivity contribution >= 4 is 13.8 Å². The lowest BCUT2D eigenvalue weighted by molar-refractivity contribution is -0.331. The second-order valence-corrected chi connectivity index (χ2v) is 7.64. The van der Waals surface area contributed by atoms with Crippen LogP contribution in [0.3, 0.4) is 0 Å². The van der Waals surface area contributed by atoms with E-state index >= 15 is 0 Å². The number of ether oxygens (including phenoxy) is 7. The molecule has 32 heavy (non-hydrogen) atoms. The Hall–Kier alpha value is -1.13. The molecule has 4 unspecified atom stereocenters. The number of rotatable bonds is 10. The van der Waals surface area contributed by atoms with Crippen molar-refractivity contribution in [3.05, 3.63) is 12.2 Å². The van der Waals surface area contributed by atoms with Gasteiger partial charge in [-0.15, -0.1) is 0 Å². The topological polar surface area (TPSA) is 163 Å². The zero-order valence-corrected chi connectivity index (χ0v) is 18.7. The summed E-state index contributed by atoms with van der Waals surface area (Å²) in [6.45, 7) is 4.83. The Morgan fingerprint density at radius 2 is 1.47 bits per heavy atom. The van der Waals surface area contributed by atoms with Crippen LogP contribution in [0.25, 0.3) is 0 Å². The monoisotopic (exact) mass is 464 g/mol. The van der Waals surface area contributed by atoms with Gasteiger partial charge in [-0.05, 0) is 6.92 Å². The van der Waals surface area contributed by atoms with Gasteiger partial charge in [0, 0.05) is 26.3 Å². The van der Waals surface area contributed by atoms with Crippen molar-refractivity contribution in [3.63, 3.8) is 0 Å². The van der Waals surface area contributed by atoms with Gasteiger partial charge in [-0.3, -0.25) is 0 Å². The zero-order valence-electron chi connectivity index (χ0n) is 18.7. The van der Waals surface area contributed by atoms with Gasteiger partial charge < -0.3 is 53.6 Å². The van der Waals surface area contributed by atoms with Gasteiger partial charge in [-0.2, -0.15) is 0 Å². The van der Waals surface area contributed by atoms with Crippen molar-refractivity contribution in [1.29, 1.82) is 0 Å². The molecule has 2 fully saturated rings. The lowest BCUT2D eigenvalue weighted by Crippen LogP contribution is -2.62. The number of methoxy groups -OCH3 is 2. The Kier molecular flexibility index (Phi) is 10.5. The van der Waals surface area contributed by atoms with Gasteiger partial charge in [0.15, 0.2) is 18.7 Å². The molecule has 0 radical (unpaired) electrons. The first kappa shape index (κ1) is 27.1. The minimum Gasteiger partial charge on any atom is -0.453 e. The SMILES string of the molecule is BCO[C@@H]1C(O)[C@@H](OCC2O[C@H](OC)C(O)[C@@H](OC(=O)C(=C)C)[C@@H]2O)OC(COC)[C@H]1O. The summed E-state index contributed by atoms with van der Waals surface area (Å²) in [5, 5.41) is 41.9. The molecule has 0 bridgehead atoms. The zero-order chi connectivity index (χ0) is 24.0. The molecule has 2 aliphatic rings. The van der Waals surface area contributed by atoms with Crippen molar-refractivity contribution in [2.24, 2.45) is 0 Å². The van der Waals surface area contributed by atoms with Gasteiger partial charge >= 0.3 is 5.97 Å². The summed E-state index contributed by atoms with van der Waals surface area (Å²) in [7, 11) is 4.42. The second-order valence-electron chi connectivity index (χ2n) is 7.64. The van der Waals surface area contributed by atoms with E-state index in [2.05, 4.69) is 6.58 Å². The molecule has 0 amide bonds. The molecule has 0 aromatic carbocycles. The van der Waals surface area contributed by atoms with Crippen LogP contribution in [0, 0.1) is 0 Å². The van der Waals surface area contributed by atoms with Crippen LogP contribution in [-0.4, -0.2) is 130 Å². The fraction of sp³-hybridized carbons (Fsp3) is 0.842. The van der Waals surface area contributed by atoms with E-state index in [0.717, 1.165) is 0 Å². The Morgan fingerprint density at radius 1 is 0.906 bits per heavy atom. The smallest absolute Gasteiger partial charge is 0.333 e. The largest absolute Gasteiger partial charge is 0.453 e. The van der Waals surface area contributed by atoms with Gasteiger partial charge in [0.25, 0.3) is 0 Å². The minimum absolute atomic E-state index is 0.0245. The predicted molar refractivity (Wildman–Crippen MR) is 109 cm³/mol. The molecular weight excluding hydrogens is 431 g/mol. The van der Waals surface area contributed by atoms with E-state index in [9.17, 15) is 25.2 Å². The number of carbonyl (C=O) groups excluding carboxylic acids is 1. The Balaban J connectivity index is 2.10. The molecule has 12 nitrogen and oxygen atoms in total. The summed E-state index contributed by atoms with van der Waals surface area (Å²) in [5.41, 5.74) is 0.0843. The molecule has 2 heterocycles. The number of carbonyl (C=O) groups is 1. The highest BCUT2D eigenvalue weighted by atomic mass is 16.7. The normalized spacial score (nSPS) is 40.1. The first-order chi connectivity index (χ1) is 15.2. The van der Waals surface area contributed by atoms with Crippen LogP contribution in [0.2, 0.25) is 0 Å². The maximum absolute atomic E-state index is 11.9. The average Bonchev–Trinajstić information content (AvgIpc) is 2.76. The maximum Gasteiger partial charge on any atom is 0.333 e. The highest BCUT2D eigenvalue weighted by molar-refractivity contribution is 6.08. The molecule has 0 spiro atoms. The first-order valence-corrected chi connectivity index (χ1v) is 10.3. The van der Waals surface area contributed by atoms with E-state index in [4.69, 9.17) is 33.2 Å². The Morgan fingerprint density at radius 3 is 2.03 bits per heavy atom. The number of hydrogen-bond acceptors (Lipinski definition) is 12. The molecule has 2 rings (SSSR count). The highest BCUT2D eigenvalue weighted by Gasteiger charge is 2.49. The molecule has 13 heteroatoms. The molecule has 2 aliphatic heterocycles. The number of hydrogen-bond donors (Lipinski definition) is 4. The van der Waals surface area contributed by atoms with E-state index in [-0.39, 0.29) is 25.3 Å². The number of aliphatic hydroxyl groups excluding tert-OH is 4. The van der Waals surface area contributed by atoms with E-state index in [1.807, 2.05) is 0 Å². The molecule has 10 atom stereocenters. The van der Waals surface area contributed by atoms with Gasteiger partial charge in [-0.1, -0.05) is 6.58 Å². The summed E-state index contributed by atoms with van der Waals surface area (Å²) < 4.78 is 37.5. The van der Waals surface area contributed by atoms with Crippen LogP contribution < -0.4 is 0 Å². The number of aliphatic hydroxyl groups is 4. The van der Waals surface area contributed by atoms with Gasteiger partial charge in [0.1, 0.15) is 50.6 Å². The van der Waals surface area contributed by atoms with Crippen LogP contribution in [0.15, 0.2) is 12.2 Å². The van der Waals surface area contributed by atoms with Crippen molar-refractivity contribution in [2.75, 3.05) is 33.9 Å². The quantitative estimate of drug-likeness (QED) is 0.145. The fourth-order valence-electron chi connectivity index (χ4n) is 3.52. The predicted octanol–water partition coefficient (Wildman–Crippen LogP) is -3.35. The van der Waals surface area contributed by atoms with Crippen molar-refractivity contribution < 1.29 is 58.4 Å². The van der Waals surface area contributed by atoms with E-state index in [1.54, 1.807) is 7.85 Å². The van der Waals surface area contributed by atoms with Crippen molar-refractivity contribution in [3.8, 4) is 0 Å². The van der Waals surface area contributed by atoms with E-state index in [1.165, 1.54) is 21.1 Å². The lowest BCUT2D eigenvalue weighted by atomic mass is 9.97. The van der Waals surface area contributed by atoms with Gasteiger partial charge in [0.05, 0.1) is 13.2 Å². The minimum atomic E-state index is -1.48. The molecule has 184 valence electrons. The standard InChI is InChI=1S/C19H33BO12/c1-8(2)17(25)32-16-12(22)10(30-18(27-4)14(16)24)6-28-19-13(23)15(29-7-20)11(21)9(31-19)5-26-3/h9-16,18-19,21-24H,1,5-7,20H2,2-4H3/t9?,10?,11-,12-,13?,14?,15+,16+,18+,19+/m1/s1. The summed E-state index contributed by atoms with van der Waals surface area (Å²) in [5.74, 6) is -0.800. The summed E-state index contributed by atoms with van der Waals surface area (Å²) in [4.78, 5) is 11.9. The van der Waals surface area contributed by atoms with E-state index < -0.39 is 67.4 Å². The maximum atomic E-state index is 11.9. The van der Waals surface area contributed by atoms with Crippen LogP contribution >= 0.6 is 0 Å². The Labute approximate surface area is 187 Å². The first-order valence-electron chi connectivity index (χ1n) is 10.3. The molecular formula is C19H33BO12. The summed E-state index contributed by atoms with van der Waals surface area (Å²) in [6.07, 6.45) is -12.2. The molecule has 0 aromatic rings.